The van der Waals surface area contributed by atoms with E-state index in [0.717, 1.165) is 11.0 Å². The van der Waals surface area contributed by atoms with E-state index in [-0.39, 0.29) is 28.5 Å². The van der Waals surface area contributed by atoms with Crippen molar-refractivity contribution in [2.75, 3.05) is 5.75 Å². The number of nitrogens with one attached hydrogen (secondary N) is 1. The fourth-order valence-corrected chi connectivity index (χ4v) is 3.32. The van der Waals surface area contributed by atoms with Crippen LogP contribution in [-0.4, -0.2) is 27.3 Å². The maximum absolute atomic E-state index is 12.3. The number of thioether (sulfide) groups is 2. The summed E-state index contributed by atoms with van der Waals surface area (Å²) >= 11 is 1.79. The molecule has 0 fully saturated rings. The smallest absolute Gasteiger partial charge is 0.288 e. The minimum atomic E-state index is -2.46. The summed E-state index contributed by atoms with van der Waals surface area (Å²) in [5, 5.41) is 0.685. The Kier molecular flexibility index (Phi) is 6.82. The van der Waals surface area contributed by atoms with Gasteiger partial charge in [0.2, 0.25) is 0 Å². The zero-order valence-electron chi connectivity index (χ0n) is 12.2. The van der Waals surface area contributed by atoms with Crippen molar-refractivity contribution in [1.82, 2.24) is 9.97 Å². The normalized spacial score (nSPS) is 10.8. The van der Waals surface area contributed by atoms with E-state index in [1.54, 1.807) is 12.1 Å². The molecule has 126 valence electrons. The molecular weight excluding hydrogens is 418 g/mol. The molecule has 0 amide bonds. The van der Waals surface area contributed by atoms with Crippen molar-refractivity contribution < 1.29 is 13.6 Å². The Labute approximate surface area is 156 Å². The molecule has 0 unspecified atom stereocenters. The van der Waals surface area contributed by atoms with Gasteiger partial charge in [0.15, 0.2) is 10.9 Å². The fourth-order valence-electron chi connectivity index (χ4n) is 2.04. The Balaban J connectivity index is 0.00000208. The lowest BCUT2D eigenvalue weighted by Gasteiger charge is -2.02. The quantitative estimate of drug-likeness (QED) is 0.418. The van der Waals surface area contributed by atoms with Crippen LogP contribution >= 0.6 is 40.5 Å². The summed E-state index contributed by atoms with van der Waals surface area (Å²) < 4.78 is 24.5. The predicted molar refractivity (Wildman–Crippen MR) is 99.8 cm³/mol. The van der Waals surface area contributed by atoms with Gasteiger partial charge in [0.25, 0.3) is 5.76 Å². The average molecular weight is 431 g/mol. The number of carbonyl (C=O) groups is 1. The molecule has 1 heterocycles. The van der Waals surface area contributed by atoms with E-state index in [1.165, 1.54) is 23.9 Å². The number of fused-ring (bicyclic) bond motifs is 1. The number of halogens is 3. The Bertz CT molecular complexity index is 791. The van der Waals surface area contributed by atoms with Crippen LogP contribution in [0.3, 0.4) is 0 Å². The Morgan fingerprint density at radius 3 is 2.50 bits per heavy atom. The number of rotatable bonds is 6. The molecule has 2 aromatic carbocycles. The maximum atomic E-state index is 12.3. The van der Waals surface area contributed by atoms with E-state index in [2.05, 4.69) is 9.97 Å². The highest BCUT2D eigenvalue weighted by molar-refractivity contribution is 8.93. The van der Waals surface area contributed by atoms with E-state index in [1.807, 2.05) is 24.3 Å². The van der Waals surface area contributed by atoms with Crippen molar-refractivity contribution in [3.05, 3.63) is 54.1 Å². The molecule has 3 nitrogen and oxygen atoms in total. The van der Waals surface area contributed by atoms with Crippen LogP contribution in [0.15, 0.2) is 58.6 Å². The number of hydrogen-bond acceptors (Lipinski definition) is 4. The summed E-state index contributed by atoms with van der Waals surface area (Å²) in [5.41, 5.74) is 2.29. The van der Waals surface area contributed by atoms with Gasteiger partial charge in [-0.1, -0.05) is 47.8 Å². The van der Waals surface area contributed by atoms with Gasteiger partial charge in [0.05, 0.1) is 16.8 Å². The third-order valence-electron chi connectivity index (χ3n) is 3.11. The van der Waals surface area contributed by atoms with Gasteiger partial charge in [-0.2, -0.15) is 8.78 Å². The van der Waals surface area contributed by atoms with Crippen LogP contribution in [-0.2, 0) is 0 Å². The summed E-state index contributed by atoms with van der Waals surface area (Å²) in [6, 6.07) is 13.9. The number of benzene rings is 2. The number of carbonyl (C=O) groups excluding carboxylic acids is 1. The van der Waals surface area contributed by atoms with Crippen molar-refractivity contribution in [2.45, 2.75) is 15.8 Å². The Morgan fingerprint density at radius 2 is 1.83 bits per heavy atom. The standard InChI is InChI=1S/C16H12F2N2OS2.BrH/c17-15(18)23-11-7-5-10(6-8-11)14(21)9-22-16-19-12-3-1-2-4-13(12)20-16;/h1-8,15H,9H2,(H,19,20);1H. The minimum Gasteiger partial charge on any atom is -0.333 e. The number of H-pyrrole nitrogens is 1. The lowest BCUT2D eigenvalue weighted by Crippen LogP contribution is -2.02. The first-order valence-electron chi connectivity index (χ1n) is 6.77. The second-order valence-corrected chi connectivity index (χ2v) is 6.70. The van der Waals surface area contributed by atoms with Crippen molar-refractivity contribution in [1.29, 1.82) is 0 Å². The largest absolute Gasteiger partial charge is 0.333 e. The molecule has 0 radical (unpaired) electrons. The topological polar surface area (TPSA) is 45.8 Å². The van der Waals surface area contributed by atoms with Crippen molar-refractivity contribution in [3.63, 3.8) is 0 Å². The Hall–Kier alpha value is -1.38. The van der Waals surface area contributed by atoms with Gasteiger partial charge in [0.1, 0.15) is 0 Å². The number of hydrogen-bond donors (Lipinski definition) is 1. The molecule has 1 N–H and O–H groups in total. The van der Waals surface area contributed by atoms with Gasteiger partial charge >= 0.3 is 0 Å². The van der Waals surface area contributed by atoms with Gasteiger partial charge in [0, 0.05) is 10.5 Å². The second-order valence-electron chi connectivity index (χ2n) is 4.67. The molecule has 0 aliphatic carbocycles. The third-order valence-corrected chi connectivity index (χ3v) is 4.70. The highest BCUT2D eigenvalue weighted by Gasteiger charge is 2.10. The van der Waals surface area contributed by atoms with Crippen molar-refractivity contribution >= 4 is 57.3 Å². The molecule has 0 aliphatic rings. The van der Waals surface area contributed by atoms with Gasteiger partial charge in [-0.25, -0.2) is 4.98 Å². The van der Waals surface area contributed by atoms with Gasteiger partial charge in [-0.3, -0.25) is 4.79 Å². The lowest BCUT2D eigenvalue weighted by atomic mass is 10.1. The molecule has 0 bridgehead atoms. The predicted octanol–water partition coefficient (Wildman–Crippen LogP) is 5.43. The van der Waals surface area contributed by atoms with Crippen LogP contribution in [0, 0.1) is 0 Å². The summed E-state index contributed by atoms with van der Waals surface area (Å²) in [5.74, 6) is -2.29. The second kappa shape index (κ2) is 8.64. The van der Waals surface area contributed by atoms with Crippen LogP contribution in [0.2, 0.25) is 0 Å². The molecule has 3 rings (SSSR count). The summed E-state index contributed by atoms with van der Waals surface area (Å²) in [6.45, 7) is 0. The molecule has 8 heteroatoms. The fraction of sp³-hybridized carbons (Fsp3) is 0.125. The van der Waals surface area contributed by atoms with E-state index in [4.69, 9.17) is 0 Å². The summed E-state index contributed by atoms with van der Waals surface area (Å²) in [7, 11) is 0. The number of imidazole rings is 1. The monoisotopic (exact) mass is 430 g/mol. The Morgan fingerprint density at radius 1 is 1.12 bits per heavy atom. The van der Waals surface area contributed by atoms with Crippen LogP contribution in [0.25, 0.3) is 11.0 Å². The molecule has 3 aromatic rings. The first kappa shape index (κ1) is 19.0. The van der Waals surface area contributed by atoms with E-state index in [0.29, 0.717) is 27.4 Å². The zero-order valence-corrected chi connectivity index (χ0v) is 15.6. The summed E-state index contributed by atoms with van der Waals surface area (Å²) in [4.78, 5) is 20.1. The highest BCUT2D eigenvalue weighted by Crippen LogP contribution is 2.26. The van der Waals surface area contributed by atoms with Gasteiger partial charge in [-0.15, -0.1) is 17.0 Å². The molecule has 0 aliphatic heterocycles. The highest BCUT2D eigenvalue weighted by atomic mass is 79.9. The molecule has 1 aromatic heterocycles. The maximum Gasteiger partial charge on any atom is 0.288 e. The first-order valence-corrected chi connectivity index (χ1v) is 8.64. The van der Waals surface area contributed by atoms with E-state index >= 15 is 0 Å². The first-order chi connectivity index (χ1) is 11.1. The number of para-hydroxylation sites is 2. The van der Waals surface area contributed by atoms with Crippen molar-refractivity contribution in [3.8, 4) is 0 Å². The average Bonchev–Trinajstić information content (AvgIpc) is 2.95. The number of aromatic nitrogens is 2. The molecular formula is C16H13BrF2N2OS2. The molecule has 0 atom stereocenters. The van der Waals surface area contributed by atoms with Crippen LogP contribution in [0.1, 0.15) is 10.4 Å². The van der Waals surface area contributed by atoms with Gasteiger partial charge < -0.3 is 4.98 Å². The SMILES string of the molecule is Br.O=C(CSc1nc2ccccc2[nH]1)c1ccc(SC(F)F)cc1. The van der Waals surface area contributed by atoms with Gasteiger partial charge in [-0.05, 0) is 24.3 Å². The molecule has 0 spiro atoms. The molecule has 0 saturated carbocycles. The third kappa shape index (κ3) is 4.81. The number of ketones is 1. The van der Waals surface area contributed by atoms with E-state index < -0.39 is 5.76 Å². The number of aromatic amines is 1. The zero-order chi connectivity index (χ0) is 16.2. The van der Waals surface area contributed by atoms with Crippen LogP contribution < -0.4 is 0 Å². The summed E-state index contributed by atoms with van der Waals surface area (Å²) in [6.07, 6.45) is 0. The number of nitrogens with zero attached hydrogens (tertiary/aromatic N) is 1. The van der Waals surface area contributed by atoms with Crippen LogP contribution in [0.4, 0.5) is 8.78 Å². The molecule has 0 saturated heterocycles. The number of Topliss-reactive ketones (excluding diaryl/α,β-unsaturated/α-hetero) is 1. The number of alkyl halides is 2. The molecule has 24 heavy (non-hydrogen) atoms. The van der Waals surface area contributed by atoms with Crippen molar-refractivity contribution in [2.24, 2.45) is 0 Å². The lowest BCUT2D eigenvalue weighted by molar-refractivity contribution is 0.102. The van der Waals surface area contributed by atoms with E-state index in [9.17, 15) is 13.6 Å². The minimum absolute atomic E-state index is 0. The van der Waals surface area contributed by atoms with Crippen LogP contribution in [0.5, 0.6) is 0 Å².